The number of rotatable bonds is 4. The highest BCUT2D eigenvalue weighted by atomic mass is 35.5. The molecular weight excluding hydrogens is 488 g/mol. The molecule has 1 aromatic rings. The molecule has 8 heteroatoms. The van der Waals surface area contributed by atoms with Gasteiger partial charge in [0.05, 0.1) is 12.0 Å². The van der Waals surface area contributed by atoms with Crippen molar-refractivity contribution < 1.29 is 14.4 Å². The lowest BCUT2D eigenvalue weighted by Gasteiger charge is -2.45. The summed E-state index contributed by atoms with van der Waals surface area (Å²) in [5.41, 5.74) is 6.44. The zero-order valence-electron chi connectivity index (χ0n) is 23.0. The average molecular weight is 531 g/mol. The molecular formula is C29H43ClN4O3. The van der Waals surface area contributed by atoms with Crippen LogP contribution in [0.15, 0.2) is 24.3 Å². The van der Waals surface area contributed by atoms with Gasteiger partial charge in [-0.25, -0.2) is 4.79 Å². The van der Waals surface area contributed by atoms with Gasteiger partial charge in [-0.05, 0) is 55.2 Å². The van der Waals surface area contributed by atoms with Gasteiger partial charge in [-0.1, -0.05) is 58.4 Å². The van der Waals surface area contributed by atoms with Crippen molar-refractivity contribution in [1.82, 2.24) is 14.7 Å². The second-order valence-corrected chi connectivity index (χ2v) is 13.5. The van der Waals surface area contributed by atoms with Gasteiger partial charge in [0.15, 0.2) is 0 Å². The number of nitrogens with zero attached hydrogens (tertiary/aromatic N) is 3. The van der Waals surface area contributed by atoms with Crippen LogP contribution in [0.5, 0.6) is 0 Å². The quantitative estimate of drug-likeness (QED) is 0.602. The minimum Gasteiger partial charge on any atom is -0.351 e. The number of halogens is 1. The van der Waals surface area contributed by atoms with Gasteiger partial charge in [-0.3, -0.25) is 9.59 Å². The summed E-state index contributed by atoms with van der Waals surface area (Å²) in [4.78, 5) is 45.2. The van der Waals surface area contributed by atoms with Crippen molar-refractivity contribution in [2.75, 3.05) is 26.2 Å². The molecule has 204 valence electrons. The van der Waals surface area contributed by atoms with Crippen molar-refractivity contribution in [2.24, 2.45) is 22.5 Å². The number of carbonyl (C=O) groups excluding carboxylic acids is 3. The molecule has 0 spiro atoms. The van der Waals surface area contributed by atoms with E-state index in [2.05, 4.69) is 18.7 Å². The minimum atomic E-state index is -0.504. The fourth-order valence-corrected chi connectivity index (χ4v) is 6.49. The molecule has 0 unspecified atom stereocenters. The summed E-state index contributed by atoms with van der Waals surface area (Å²) in [7, 11) is 0. The molecule has 3 atom stereocenters. The smallest absolute Gasteiger partial charge is 0.314 e. The summed E-state index contributed by atoms with van der Waals surface area (Å²) >= 11 is 6.09. The third kappa shape index (κ3) is 6.08. The van der Waals surface area contributed by atoms with E-state index in [0.29, 0.717) is 36.6 Å². The Balaban J connectivity index is 1.52. The Kier molecular flexibility index (Phi) is 7.85. The summed E-state index contributed by atoms with van der Waals surface area (Å²) in [6, 6.07) is 7.23. The predicted molar refractivity (Wildman–Crippen MR) is 146 cm³/mol. The van der Waals surface area contributed by atoms with E-state index in [-0.39, 0.29) is 35.7 Å². The summed E-state index contributed by atoms with van der Waals surface area (Å²) in [6.45, 7) is 12.5. The maximum absolute atomic E-state index is 13.9. The molecule has 7 nitrogen and oxygen atoms in total. The van der Waals surface area contributed by atoms with Crippen LogP contribution in [0.1, 0.15) is 78.2 Å². The van der Waals surface area contributed by atoms with Gasteiger partial charge < -0.3 is 20.4 Å². The first-order chi connectivity index (χ1) is 17.3. The standard InChI is InChI=1S/C29H43ClN4O3/c1-28(2,3)26(36)34(21-10-13-29(4,5)14-11-21)22-12-15-32(16-22)25(35)24-18-33(27(31)37)17-23(24)19-6-8-20(30)9-7-19/h6-9,21-24H,10-18H2,1-5H3,(H2,31,37)/t22-,23-,24+/m0/s1. The van der Waals surface area contributed by atoms with Crippen LogP contribution in [0, 0.1) is 16.7 Å². The molecule has 2 N–H and O–H groups in total. The number of carbonyl (C=O) groups is 3. The van der Waals surface area contributed by atoms with Crippen LogP contribution in [-0.4, -0.2) is 70.8 Å². The molecule has 0 bridgehead atoms. The molecule has 4 rings (SSSR count). The molecule has 2 saturated heterocycles. The van der Waals surface area contributed by atoms with Crippen molar-refractivity contribution in [1.29, 1.82) is 0 Å². The highest BCUT2D eigenvalue weighted by Gasteiger charge is 2.46. The van der Waals surface area contributed by atoms with E-state index in [9.17, 15) is 14.4 Å². The highest BCUT2D eigenvalue weighted by Crippen LogP contribution is 2.40. The van der Waals surface area contributed by atoms with Crippen LogP contribution in [0.4, 0.5) is 4.79 Å². The summed E-state index contributed by atoms with van der Waals surface area (Å²) in [5, 5.41) is 0.633. The molecule has 3 fully saturated rings. The Hall–Kier alpha value is -2.28. The highest BCUT2D eigenvalue weighted by molar-refractivity contribution is 6.30. The minimum absolute atomic E-state index is 0.0181. The van der Waals surface area contributed by atoms with E-state index < -0.39 is 11.4 Å². The lowest BCUT2D eigenvalue weighted by molar-refractivity contribution is -0.146. The fraction of sp³-hybridized carbons (Fsp3) is 0.690. The Morgan fingerprint density at radius 2 is 1.57 bits per heavy atom. The Morgan fingerprint density at radius 1 is 0.946 bits per heavy atom. The SMILES string of the molecule is CC1(C)CCC(N(C(=O)C(C)(C)C)[C@H]2CCN(C(=O)[C@@H]3CN(C(N)=O)C[C@H]3c3ccc(Cl)cc3)C2)CC1. The number of hydrogen-bond donors (Lipinski definition) is 1. The van der Waals surface area contributed by atoms with Gasteiger partial charge in [0.2, 0.25) is 11.8 Å². The molecule has 2 aliphatic heterocycles. The van der Waals surface area contributed by atoms with Gasteiger partial charge in [0.25, 0.3) is 0 Å². The first kappa shape index (κ1) is 27.7. The maximum Gasteiger partial charge on any atom is 0.314 e. The molecule has 0 aromatic heterocycles. The zero-order valence-corrected chi connectivity index (χ0v) is 23.8. The van der Waals surface area contributed by atoms with E-state index >= 15 is 0 Å². The Labute approximate surface area is 226 Å². The van der Waals surface area contributed by atoms with E-state index in [4.69, 9.17) is 17.3 Å². The number of likely N-dealkylation sites (tertiary alicyclic amines) is 2. The average Bonchev–Trinajstić information content (AvgIpc) is 3.48. The number of nitrogens with two attached hydrogens (primary N) is 1. The van der Waals surface area contributed by atoms with E-state index in [0.717, 1.165) is 37.7 Å². The first-order valence-corrected chi connectivity index (χ1v) is 14.1. The van der Waals surface area contributed by atoms with Crippen molar-refractivity contribution in [3.05, 3.63) is 34.9 Å². The van der Waals surface area contributed by atoms with Crippen LogP contribution < -0.4 is 5.73 Å². The Bertz CT molecular complexity index is 1010. The van der Waals surface area contributed by atoms with Crippen LogP contribution in [0.25, 0.3) is 0 Å². The largest absolute Gasteiger partial charge is 0.351 e. The molecule has 1 saturated carbocycles. The maximum atomic E-state index is 13.9. The molecule has 0 radical (unpaired) electrons. The van der Waals surface area contributed by atoms with Crippen LogP contribution >= 0.6 is 11.6 Å². The van der Waals surface area contributed by atoms with Crippen LogP contribution in [0.2, 0.25) is 5.02 Å². The summed E-state index contributed by atoms with van der Waals surface area (Å²) in [6.07, 6.45) is 5.01. The van der Waals surface area contributed by atoms with Gasteiger partial charge in [-0.2, -0.15) is 0 Å². The number of hydrogen-bond acceptors (Lipinski definition) is 3. The Morgan fingerprint density at radius 3 is 2.14 bits per heavy atom. The molecule has 1 aliphatic carbocycles. The second-order valence-electron chi connectivity index (χ2n) is 13.1. The van der Waals surface area contributed by atoms with Gasteiger partial charge in [0.1, 0.15) is 0 Å². The van der Waals surface area contributed by atoms with Gasteiger partial charge >= 0.3 is 6.03 Å². The normalized spacial score (nSPS) is 26.4. The predicted octanol–water partition coefficient (Wildman–Crippen LogP) is 4.88. The van der Waals surface area contributed by atoms with Crippen LogP contribution in [-0.2, 0) is 9.59 Å². The molecule has 2 heterocycles. The van der Waals surface area contributed by atoms with Crippen molar-refractivity contribution in [3.63, 3.8) is 0 Å². The summed E-state index contributed by atoms with van der Waals surface area (Å²) < 4.78 is 0. The van der Waals surface area contributed by atoms with Crippen molar-refractivity contribution in [3.8, 4) is 0 Å². The van der Waals surface area contributed by atoms with E-state index in [1.807, 2.05) is 49.9 Å². The number of benzene rings is 1. The van der Waals surface area contributed by atoms with E-state index in [1.165, 1.54) is 0 Å². The lowest BCUT2D eigenvalue weighted by atomic mass is 9.74. The zero-order chi connectivity index (χ0) is 27.1. The topological polar surface area (TPSA) is 87.0 Å². The van der Waals surface area contributed by atoms with E-state index in [1.54, 1.807) is 4.90 Å². The lowest BCUT2D eigenvalue weighted by Crippen LogP contribution is -2.54. The number of urea groups is 1. The summed E-state index contributed by atoms with van der Waals surface area (Å²) in [5.74, 6) is -0.283. The fourth-order valence-electron chi connectivity index (χ4n) is 6.36. The first-order valence-electron chi connectivity index (χ1n) is 13.7. The van der Waals surface area contributed by atoms with Gasteiger partial charge in [0, 0.05) is 48.6 Å². The molecule has 4 amide bonds. The molecule has 3 aliphatic rings. The monoisotopic (exact) mass is 530 g/mol. The number of primary amides is 1. The third-order valence-electron chi connectivity index (χ3n) is 8.69. The second kappa shape index (κ2) is 10.5. The molecule has 37 heavy (non-hydrogen) atoms. The number of amides is 4. The van der Waals surface area contributed by atoms with Crippen molar-refractivity contribution in [2.45, 2.75) is 84.7 Å². The van der Waals surface area contributed by atoms with Crippen molar-refractivity contribution >= 4 is 29.4 Å². The molecule has 1 aromatic carbocycles. The van der Waals surface area contributed by atoms with Crippen LogP contribution in [0.3, 0.4) is 0 Å². The van der Waals surface area contributed by atoms with Gasteiger partial charge in [-0.15, -0.1) is 0 Å². The third-order valence-corrected chi connectivity index (χ3v) is 8.95.